The molecule has 4 heterocycles. The lowest BCUT2D eigenvalue weighted by Crippen LogP contribution is -2.41. The lowest BCUT2D eigenvalue weighted by molar-refractivity contribution is 0.0953. The standard InChI is InChI=1S/C22H27N7O2/c1-15(2)25-22(31)28-12-9-16(13-28)20-27-26-19-7-6-17(14-29(19)20)21(30)24-11-8-18-5-3-4-10-23-18/h3-7,10,14-16H,8-9,11-13H2,1-2H3,(H,24,30)(H,25,31). The Morgan fingerprint density at radius 2 is 2.06 bits per heavy atom. The van der Waals surface area contributed by atoms with Gasteiger partial charge in [-0.25, -0.2) is 4.79 Å². The first-order valence-corrected chi connectivity index (χ1v) is 10.6. The van der Waals surface area contributed by atoms with Crippen LogP contribution in [0.25, 0.3) is 5.65 Å². The molecule has 0 spiro atoms. The molecule has 1 saturated heterocycles. The number of amides is 3. The Hall–Kier alpha value is -3.49. The average Bonchev–Trinajstić information content (AvgIpc) is 3.40. The fraction of sp³-hybridized carbons (Fsp3) is 0.409. The second-order valence-corrected chi connectivity index (χ2v) is 8.07. The van der Waals surface area contributed by atoms with Gasteiger partial charge in [0.15, 0.2) is 5.65 Å². The van der Waals surface area contributed by atoms with Crippen LogP contribution in [0.3, 0.4) is 0 Å². The molecule has 2 N–H and O–H groups in total. The number of aromatic nitrogens is 4. The van der Waals surface area contributed by atoms with Crippen LogP contribution < -0.4 is 10.6 Å². The van der Waals surface area contributed by atoms with Gasteiger partial charge in [-0.3, -0.25) is 14.2 Å². The summed E-state index contributed by atoms with van der Waals surface area (Å²) in [6, 6.07) is 9.33. The number of urea groups is 1. The Bertz CT molecular complexity index is 1060. The van der Waals surface area contributed by atoms with Gasteiger partial charge in [0, 0.05) is 56.1 Å². The minimum Gasteiger partial charge on any atom is -0.352 e. The van der Waals surface area contributed by atoms with Gasteiger partial charge in [-0.05, 0) is 44.5 Å². The summed E-state index contributed by atoms with van der Waals surface area (Å²) in [5.41, 5.74) is 2.17. The van der Waals surface area contributed by atoms with Gasteiger partial charge in [0.05, 0.1) is 5.56 Å². The summed E-state index contributed by atoms with van der Waals surface area (Å²) in [6.07, 6.45) is 5.00. The number of hydrogen-bond donors (Lipinski definition) is 2. The third kappa shape index (κ3) is 4.82. The summed E-state index contributed by atoms with van der Waals surface area (Å²) in [6.45, 7) is 5.65. The second kappa shape index (κ2) is 9.11. The minimum absolute atomic E-state index is 0.0562. The number of fused-ring (bicyclic) bond motifs is 1. The zero-order valence-corrected chi connectivity index (χ0v) is 17.8. The molecule has 0 aromatic carbocycles. The molecule has 31 heavy (non-hydrogen) atoms. The first kappa shape index (κ1) is 20.8. The molecule has 1 fully saturated rings. The number of carbonyl (C=O) groups excluding carboxylic acids is 2. The molecule has 162 valence electrons. The first-order chi connectivity index (χ1) is 15.0. The van der Waals surface area contributed by atoms with Gasteiger partial charge in [0.2, 0.25) is 0 Å². The summed E-state index contributed by atoms with van der Waals surface area (Å²) >= 11 is 0. The molecule has 9 nitrogen and oxygen atoms in total. The Balaban J connectivity index is 1.43. The van der Waals surface area contributed by atoms with Crippen molar-refractivity contribution in [2.45, 2.75) is 38.6 Å². The first-order valence-electron chi connectivity index (χ1n) is 10.6. The van der Waals surface area contributed by atoms with Crippen LogP contribution in [-0.2, 0) is 6.42 Å². The molecule has 1 aliphatic heterocycles. The number of nitrogens with one attached hydrogen (secondary N) is 2. The Labute approximate surface area is 180 Å². The van der Waals surface area contributed by atoms with E-state index >= 15 is 0 Å². The third-order valence-electron chi connectivity index (χ3n) is 5.34. The average molecular weight is 422 g/mol. The van der Waals surface area contributed by atoms with E-state index in [1.54, 1.807) is 29.4 Å². The highest BCUT2D eigenvalue weighted by Gasteiger charge is 2.30. The van der Waals surface area contributed by atoms with E-state index in [9.17, 15) is 9.59 Å². The largest absolute Gasteiger partial charge is 0.352 e. The van der Waals surface area contributed by atoms with Crippen LogP contribution in [0, 0.1) is 0 Å². The van der Waals surface area contributed by atoms with Crippen LogP contribution in [0.4, 0.5) is 4.79 Å². The molecule has 3 amide bonds. The number of hydrogen-bond acceptors (Lipinski definition) is 5. The molecule has 0 aliphatic carbocycles. The maximum absolute atomic E-state index is 12.6. The van der Waals surface area contributed by atoms with Crippen LogP contribution in [0.1, 0.15) is 48.1 Å². The quantitative estimate of drug-likeness (QED) is 0.634. The smallest absolute Gasteiger partial charge is 0.317 e. The normalized spacial score (nSPS) is 16.1. The van der Waals surface area contributed by atoms with Crippen LogP contribution in [0.2, 0.25) is 0 Å². The van der Waals surface area contributed by atoms with Crippen LogP contribution in [0.5, 0.6) is 0 Å². The van der Waals surface area contributed by atoms with Crippen molar-refractivity contribution < 1.29 is 9.59 Å². The van der Waals surface area contributed by atoms with Gasteiger partial charge in [0.25, 0.3) is 5.91 Å². The molecule has 1 aliphatic rings. The van der Waals surface area contributed by atoms with Crippen molar-refractivity contribution >= 4 is 17.6 Å². The minimum atomic E-state index is -0.151. The number of likely N-dealkylation sites (tertiary alicyclic amines) is 1. The molecule has 3 aromatic heterocycles. The summed E-state index contributed by atoms with van der Waals surface area (Å²) < 4.78 is 1.86. The third-order valence-corrected chi connectivity index (χ3v) is 5.34. The van der Waals surface area contributed by atoms with Gasteiger partial charge in [-0.15, -0.1) is 10.2 Å². The molecule has 4 rings (SSSR count). The molecule has 0 saturated carbocycles. The molecule has 0 bridgehead atoms. The van der Waals surface area contributed by atoms with E-state index in [1.807, 2.05) is 36.4 Å². The van der Waals surface area contributed by atoms with E-state index in [0.29, 0.717) is 37.3 Å². The van der Waals surface area contributed by atoms with Gasteiger partial charge in [-0.1, -0.05) is 6.07 Å². The van der Waals surface area contributed by atoms with Crippen molar-refractivity contribution in [3.05, 3.63) is 59.8 Å². The van der Waals surface area contributed by atoms with E-state index < -0.39 is 0 Å². The number of rotatable bonds is 6. The van der Waals surface area contributed by atoms with E-state index in [-0.39, 0.29) is 23.9 Å². The predicted molar refractivity (Wildman–Crippen MR) is 116 cm³/mol. The Morgan fingerprint density at radius 1 is 1.19 bits per heavy atom. The van der Waals surface area contributed by atoms with Crippen LogP contribution in [-0.4, -0.2) is 62.1 Å². The molecule has 3 aromatic rings. The van der Waals surface area contributed by atoms with E-state index in [4.69, 9.17) is 0 Å². The molecule has 1 unspecified atom stereocenters. The van der Waals surface area contributed by atoms with Crippen molar-refractivity contribution in [1.29, 1.82) is 0 Å². The summed E-state index contributed by atoms with van der Waals surface area (Å²) in [7, 11) is 0. The van der Waals surface area contributed by atoms with Crippen molar-refractivity contribution in [2.75, 3.05) is 19.6 Å². The SMILES string of the molecule is CC(C)NC(=O)N1CCC(c2nnc3ccc(C(=O)NCCc4ccccn4)cn23)C1. The summed E-state index contributed by atoms with van der Waals surface area (Å²) in [5, 5.41) is 14.5. The Kier molecular flexibility index (Phi) is 6.11. The highest BCUT2D eigenvalue weighted by molar-refractivity contribution is 5.94. The molecule has 9 heteroatoms. The van der Waals surface area contributed by atoms with Gasteiger partial charge >= 0.3 is 6.03 Å². The van der Waals surface area contributed by atoms with Gasteiger partial charge in [-0.2, -0.15) is 0 Å². The van der Waals surface area contributed by atoms with E-state index in [1.165, 1.54) is 0 Å². The van der Waals surface area contributed by atoms with Crippen molar-refractivity contribution in [1.82, 2.24) is 35.1 Å². The van der Waals surface area contributed by atoms with Crippen molar-refractivity contribution in [3.63, 3.8) is 0 Å². The topological polar surface area (TPSA) is 105 Å². The number of pyridine rings is 2. The Morgan fingerprint density at radius 3 is 2.84 bits per heavy atom. The zero-order chi connectivity index (χ0) is 21.8. The lowest BCUT2D eigenvalue weighted by Gasteiger charge is -2.18. The maximum Gasteiger partial charge on any atom is 0.317 e. The highest BCUT2D eigenvalue weighted by Crippen LogP contribution is 2.26. The molecule has 1 atom stereocenters. The van der Waals surface area contributed by atoms with Gasteiger partial charge < -0.3 is 15.5 Å². The lowest BCUT2D eigenvalue weighted by atomic mass is 10.1. The van der Waals surface area contributed by atoms with Crippen LogP contribution in [0.15, 0.2) is 42.7 Å². The van der Waals surface area contributed by atoms with Crippen molar-refractivity contribution in [2.24, 2.45) is 0 Å². The fourth-order valence-corrected chi connectivity index (χ4v) is 3.77. The predicted octanol–water partition coefficient (Wildman–Crippen LogP) is 2.00. The van der Waals surface area contributed by atoms with Crippen molar-refractivity contribution in [3.8, 4) is 0 Å². The summed E-state index contributed by atoms with van der Waals surface area (Å²) in [5.74, 6) is 0.704. The number of nitrogens with zero attached hydrogens (tertiary/aromatic N) is 5. The molecular formula is C22H27N7O2. The maximum atomic E-state index is 12.6. The number of carbonyl (C=O) groups is 2. The van der Waals surface area contributed by atoms with Crippen LogP contribution >= 0.6 is 0 Å². The highest BCUT2D eigenvalue weighted by atomic mass is 16.2. The second-order valence-electron chi connectivity index (χ2n) is 8.07. The fourth-order valence-electron chi connectivity index (χ4n) is 3.77. The van der Waals surface area contributed by atoms with E-state index in [0.717, 1.165) is 17.9 Å². The van der Waals surface area contributed by atoms with E-state index in [2.05, 4.69) is 25.8 Å². The monoisotopic (exact) mass is 421 g/mol. The van der Waals surface area contributed by atoms with Gasteiger partial charge in [0.1, 0.15) is 5.82 Å². The molecule has 0 radical (unpaired) electrons. The molecular weight excluding hydrogens is 394 g/mol. The zero-order valence-electron chi connectivity index (χ0n) is 17.8. The summed E-state index contributed by atoms with van der Waals surface area (Å²) in [4.78, 5) is 31.0.